The largest absolute Gasteiger partial charge is 0.345 e. The summed E-state index contributed by atoms with van der Waals surface area (Å²) in [4.78, 5) is 16.3. The minimum atomic E-state index is -0.169. The van der Waals surface area contributed by atoms with Crippen LogP contribution >= 0.6 is 38.9 Å². The Labute approximate surface area is 122 Å². The molecule has 0 aliphatic carbocycles. The molecule has 1 N–H and O–H groups in total. The molecule has 0 fully saturated rings. The third-order valence-corrected chi connectivity index (χ3v) is 4.13. The molecular formula is C12H10BrClN2OS. The van der Waals surface area contributed by atoms with Crippen LogP contribution in [0.25, 0.3) is 0 Å². The van der Waals surface area contributed by atoms with Gasteiger partial charge in [-0.25, -0.2) is 4.98 Å². The zero-order valence-electron chi connectivity index (χ0n) is 9.54. The van der Waals surface area contributed by atoms with Gasteiger partial charge in [0.25, 0.3) is 5.91 Å². The van der Waals surface area contributed by atoms with Crippen LogP contribution in [-0.2, 0) is 6.54 Å². The number of nitrogens with one attached hydrogen (secondary N) is 1. The molecule has 6 heteroatoms. The van der Waals surface area contributed by atoms with Crippen LogP contribution in [0.4, 0.5) is 0 Å². The molecule has 3 nitrogen and oxygen atoms in total. The lowest BCUT2D eigenvalue weighted by molar-refractivity contribution is 0.0950. The average Bonchev–Trinajstić information content (AvgIpc) is 2.75. The van der Waals surface area contributed by atoms with Crippen LogP contribution in [-0.4, -0.2) is 10.9 Å². The monoisotopic (exact) mass is 344 g/mol. The van der Waals surface area contributed by atoms with Crippen molar-refractivity contribution in [3.8, 4) is 0 Å². The number of aryl methyl sites for hydroxylation is 1. The number of carbonyl (C=O) groups is 1. The van der Waals surface area contributed by atoms with E-state index in [0.29, 0.717) is 17.1 Å². The lowest BCUT2D eigenvalue weighted by Crippen LogP contribution is -2.23. The highest BCUT2D eigenvalue weighted by Crippen LogP contribution is 2.21. The number of hydrogen-bond donors (Lipinski definition) is 1. The number of halogens is 2. The Balaban J connectivity index is 2.05. The lowest BCUT2D eigenvalue weighted by Gasteiger charge is -2.05. The Hall–Kier alpha value is -0.910. The van der Waals surface area contributed by atoms with E-state index in [9.17, 15) is 4.79 Å². The van der Waals surface area contributed by atoms with Crippen LogP contribution < -0.4 is 5.32 Å². The molecule has 1 aromatic carbocycles. The molecule has 2 aromatic rings. The fourth-order valence-electron chi connectivity index (χ4n) is 1.41. The first kappa shape index (κ1) is 13.5. The van der Waals surface area contributed by atoms with E-state index in [0.717, 1.165) is 15.2 Å². The highest BCUT2D eigenvalue weighted by molar-refractivity contribution is 9.10. The average molecular weight is 346 g/mol. The highest BCUT2D eigenvalue weighted by Gasteiger charge is 2.11. The lowest BCUT2D eigenvalue weighted by atomic mass is 10.2. The van der Waals surface area contributed by atoms with E-state index < -0.39 is 0 Å². The van der Waals surface area contributed by atoms with Crippen molar-refractivity contribution in [2.24, 2.45) is 0 Å². The quantitative estimate of drug-likeness (QED) is 0.919. The van der Waals surface area contributed by atoms with Gasteiger partial charge < -0.3 is 5.32 Å². The van der Waals surface area contributed by atoms with Crippen molar-refractivity contribution in [2.45, 2.75) is 13.5 Å². The van der Waals surface area contributed by atoms with Crippen LogP contribution in [0.1, 0.15) is 21.1 Å². The van der Waals surface area contributed by atoms with Crippen LogP contribution in [0.15, 0.2) is 28.1 Å². The van der Waals surface area contributed by atoms with Gasteiger partial charge in [-0.05, 0) is 41.1 Å². The molecule has 0 atom stereocenters. The van der Waals surface area contributed by atoms with Gasteiger partial charge in [0.05, 0.1) is 12.1 Å². The van der Waals surface area contributed by atoms with Gasteiger partial charge in [0.1, 0.15) is 5.01 Å². The summed E-state index contributed by atoms with van der Waals surface area (Å²) in [5.41, 5.74) is 1.49. The van der Waals surface area contributed by atoms with Gasteiger partial charge in [-0.2, -0.15) is 0 Å². The van der Waals surface area contributed by atoms with Gasteiger partial charge in [0, 0.05) is 20.6 Å². The summed E-state index contributed by atoms with van der Waals surface area (Å²) in [7, 11) is 0. The molecule has 2 rings (SSSR count). The van der Waals surface area contributed by atoms with Crippen molar-refractivity contribution in [2.75, 3.05) is 0 Å². The van der Waals surface area contributed by atoms with E-state index in [4.69, 9.17) is 11.6 Å². The Morgan fingerprint density at radius 3 is 3.00 bits per heavy atom. The summed E-state index contributed by atoms with van der Waals surface area (Å²) < 4.78 is 0.722. The molecule has 18 heavy (non-hydrogen) atoms. The Morgan fingerprint density at radius 2 is 2.33 bits per heavy atom. The molecule has 1 amide bonds. The van der Waals surface area contributed by atoms with Crippen molar-refractivity contribution in [3.63, 3.8) is 0 Å². The maximum atomic E-state index is 12.0. The van der Waals surface area contributed by atoms with Crippen molar-refractivity contribution in [1.29, 1.82) is 0 Å². The van der Waals surface area contributed by atoms with Crippen molar-refractivity contribution in [1.82, 2.24) is 10.3 Å². The third kappa shape index (κ3) is 3.31. The Bertz CT molecular complexity index is 585. The smallest absolute Gasteiger partial charge is 0.252 e. The molecule has 0 saturated heterocycles. The second kappa shape index (κ2) is 5.82. The minimum absolute atomic E-state index is 0.169. The molecule has 0 aliphatic rings. The van der Waals surface area contributed by atoms with Gasteiger partial charge >= 0.3 is 0 Å². The maximum Gasteiger partial charge on any atom is 0.252 e. The predicted octanol–water partition coefficient (Wildman–Crippen LogP) is 3.80. The number of aromatic nitrogens is 1. The Morgan fingerprint density at radius 1 is 1.56 bits per heavy atom. The number of thiazole rings is 1. The van der Waals surface area contributed by atoms with Crippen LogP contribution in [0, 0.1) is 6.92 Å². The second-order valence-corrected chi connectivity index (χ2v) is 5.92. The summed E-state index contributed by atoms with van der Waals surface area (Å²) in [6.45, 7) is 2.35. The predicted molar refractivity (Wildman–Crippen MR) is 77.2 cm³/mol. The summed E-state index contributed by atoms with van der Waals surface area (Å²) in [5.74, 6) is -0.169. The first-order valence-electron chi connectivity index (χ1n) is 5.20. The fraction of sp³-hybridized carbons (Fsp3) is 0.167. The SMILES string of the molecule is Cc1csc(CNC(=O)c2cc(Cl)ccc2Br)n1. The minimum Gasteiger partial charge on any atom is -0.345 e. The molecular weight excluding hydrogens is 336 g/mol. The van der Waals surface area contributed by atoms with E-state index >= 15 is 0 Å². The molecule has 0 spiro atoms. The second-order valence-electron chi connectivity index (χ2n) is 3.69. The van der Waals surface area contributed by atoms with Gasteiger partial charge in [-0.1, -0.05) is 11.6 Å². The molecule has 94 valence electrons. The van der Waals surface area contributed by atoms with Crippen LogP contribution in [0.2, 0.25) is 5.02 Å². The number of hydrogen-bond acceptors (Lipinski definition) is 3. The molecule has 1 heterocycles. The zero-order chi connectivity index (χ0) is 13.1. The first-order valence-corrected chi connectivity index (χ1v) is 7.25. The number of rotatable bonds is 3. The topological polar surface area (TPSA) is 42.0 Å². The van der Waals surface area contributed by atoms with Gasteiger partial charge in [-0.3, -0.25) is 4.79 Å². The molecule has 0 bridgehead atoms. The summed E-state index contributed by atoms with van der Waals surface area (Å²) >= 11 is 10.7. The van der Waals surface area contributed by atoms with E-state index in [1.165, 1.54) is 11.3 Å². The van der Waals surface area contributed by atoms with E-state index in [-0.39, 0.29) is 5.91 Å². The molecule has 0 saturated carbocycles. The van der Waals surface area contributed by atoms with Crippen LogP contribution in [0.5, 0.6) is 0 Å². The summed E-state index contributed by atoms with van der Waals surface area (Å²) in [6, 6.07) is 5.12. The fourth-order valence-corrected chi connectivity index (χ4v) is 2.72. The van der Waals surface area contributed by atoms with E-state index in [1.54, 1.807) is 18.2 Å². The normalized spacial score (nSPS) is 10.4. The number of amides is 1. The highest BCUT2D eigenvalue weighted by atomic mass is 79.9. The van der Waals surface area contributed by atoms with Crippen molar-refractivity contribution in [3.05, 3.63) is 49.3 Å². The molecule has 1 aromatic heterocycles. The van der Waals surface area contributed by atoms with Crippen molar-refractivity contribution < 1.29 is 4.79 Å². The van der Waals surface area contributed by atoms with Crippen LogP contribution in [0.3, 0.4) is 0 Å². The molecule has 0 radical (unpaired) electrons. The summed E-state index contributed by atoms with van der Waals surface area (Å²) in [6.07, 6.45) is 0. The van der Waals surface area contributed by atoms with Crippen molar-refractivity contribution >= 4 is 44.8 Å². The van der Waals surface area contributed by atoms with Gasteiger partial charge in [-0.15, -0.1) is 11.3 Å². The number of nitrogens with zero attached hydrogens (tertiary/aromatic N) is 1. The first-order chi connectivity index (χ1) is 8.56. The zero-order valence-corrected chi connectivity index (χ0v) is 12.7. The van der Waals surface area contributed by atoms with E-state index in [2.05, 4.69) is 26.2 Å². The van der Waals surface area contributed by atoms with Gasteiger partial charge in [0.15, 0.2) is 0 Å². The third-order valence-electron chi connectivity index (χ3n) is 2.24. The Kier molecular flexibility index (Phi) is 4.37. The maximum absolute atomic E-state index is 12.0. The number of benzene rings is 1. The molecule has 0 aliphatic heterocycles. The standard InChI is InChI=1S/C12H10BrClN2OS/c1-7-6-18-11(16-7)5-15-12(17)9-4-8(14)2-3-10(9)13/h2-4,6H,5H2,1H3,(H,15,17). The van der Waals surface area contributed by atoms with E-state index in [1.807, 2.05) is 12.3 Å². The number of carbonyl (C=O) groups excluding carboxylic acids is 1. The molecule has 0 unspecified atom stereocenters. The summed E-state index contributed by atoms with van der Waals surface area (Å²) in [5, 5.41) is 6.20. The van der Waals surface area contributed by atoms with Gasteiger partial charge in [0.2, 0.25) is 0 Å².